The van der Waals surface area contributed by atoms with Crippen LogP contribution in [-0.2, 0) is 27.3 Å². The van der Waals surface area contributed by atoms with E-state index in [0.29, 0.717) is 6.61 Å². The van der Waals surface area contributed by atoms with Crippen molar-refractivity contribution in [2.75, 3.05) is 13.7 Å². The third-order valence-corrected chi connectivity index (χ3v) is 4.04. The Morgan fingerprint density at radius 2 is 1.80 bits per heavy atom. The number of ether oxygens (including phenoxy) is 3. The van der Waals surface area contributed by atoms with E-state index in [9.17, 15) is 4.79 Å². The number of aryl methyl sites for hydroxylation is 2. The summed E-state index contributed by atoms with van der Waals surface area (Å²) in [5, 5.41) is 0. The van der Waals surface area contributed by atoms with Crippen molar-refractivity contribution in [3.05, 3.63) is 65.2 Å². The fraction of sp³-hybridized carbons (Fsp3) is 0.381. The zero-order chi connectivity index (χ0) is 18.1. The molecule has 4 heteroatoms. The summed E-state index contributed by atoms with van der Waals surface area (Å²) in [6.45, 7) is 4.16. The molecule has 0 amide bonds. The molecule has 2 aromatic rings. The molecule has 4 nitrogen and oxygen atoms in total. The standard InChI is InChI=1S/C21H26O4/c1-16-8-10-18(11-9-16)12-13-20(23-3)15-25-21-7-5-4-6-19(21)14-24-17(2)22/h4-11,20H,12-15H2,1-3H3. The fourth-order valence-electron chi connectivity index (χ4n) is 2.48. The van der Waals surface area contributed by atoms with E-state index in [0.717, 1.165) is 24.2 Å². The molecule has 0 radical (unpaired) electrons. The smallest absolute Gasteiger partial charge is 0.302 e. The highest BCUT2D eigenvalue weighted by atomic mass is 16.5. The van der Waals surface area contributed by atoms with Crippen LogP contribution in [0.15, 0.2) is 48.5 Å². The number of esters is 1. The summed E-state index contributed by atoms with van der Waals surface area (Å²) in [4.78, 5) is 11.0. The first-order valence-corrected chi connectivity index (χ1v) is 8.51. The largest absolute Gasteiger partial charge is 0.490 e. The van der Waals surface area contributed by atoms with Gasteiger partial charge in [-0.2, -0.15) is 0 Å². The lowest BCUT2D eigenvalue weighted by Gasteiger charge is -2.18. The fourth-order valence-corrected chi connectivity index (χ4v) is 2.48. The highest BCUT2D eigenvalue weighted by molar-refractivity contribution is 5.66. The van der Waals surface area contributed by atoms with Crippen LogP contribution in [0.25, 0.3) is 0 Å². The molecule has 1 atom stereocenters. The van der Waals surface area contributed by atoms with Gasteiger partial charge in [-0.1, -0.05) is 48.0 Å². The number of hydrogen-bond donors (Lipinski definition) is 0. The summed E-state index contributed by atoms with van der Waals surface area (Å²) in [5.41, 5.74) is 3.41. The molecule has 0 N–H and O–H groups in total. The number of hydrogen-bond acceptors (Lipinski definition) is 4. The van der Waals surface area contributed by atoms with E-state index in [-0.39, 0.29) is 18.7 Å². The van der Waals surface area contributed by atoms with Crippen molar-refractivity contribution in [2.45, 2.75) is 39.4 Å². The molecule has 0 saturated carbocycles. The molecule has 0 aliphatic rings. The Morgan fingerprint density at radius 1 is 1.08 bits per heavy atom. The first-order chi connectivity index (χ1) is 12.1. The van der Waals surface area contributed by atoms with Crippen molar-refractivity contribution in [3.8, 4) is 5.75 Å². The van der Waals surface area contributed by atoms with Gasteiger partial charge in [0.05, 0.1) is 6.10 Å². The minimum absolute atomic E-state index is 0.00286. The van der Waals surface area contributed by atoms with Crippen LogP contribution in [0.1, 0.15) is 30.0 Å². The van der Waals surface area contributed by atoms with Gasteiger partial charge in [0.15, 0.2) is 0 Å². The Bertz CT molecular complexity index is 664. The molecule has 2 aromatic carbocycles. The van der Waals surface area contributed by atoms with Crippen LogP contribution in [0.3, 0.4) is 0 Å². The van der Waals surface area contributed by atoms with E-state index in [1.807, 2.05) is 24.3 Å². The zero-order valence-corrected chi connectivity index (χ0v) is 15.2. The Kier molecular flexibility index (Phi) is 7.48. The molecule has 134 valence electrons. The van der Waals surface area contributed by atoms with Crippen molar-refractivity contribution in [3.63, 3.8) is 0 Å². The number of benzene rings is 2. The third-order valence-electron chi connectivity index (χ3n) is 4.04. The van der Waals surface area contributed by atoms with Crippen molar-refractivity contribution < 1.29 is 19.0 Å². The van der Waals surface area contributed by atoms with Gasteiger partial charge in [-0.3, -0.25) is 4.79 Å². The molecule has 0 aliphatic heterocycles. The third kappa shape index (κ3) is 6.59. The maximum Gasteiger partial charge on any atom is 0.302 e. The van der Waals surface area contributed by atoms with Gasteiger partial charge in [0.1, 0.15) is 19.0 Å². The average Bonchev–Trinajstić information content (AvgIpc) is 2.62. The second-order valence-corrected chi connectivity index (χ2v) is 6.08. The van der Waals surface area contributed by atoms with Gasteiger partial charge in [-0.25, -0.2) is 0 Å². The van der Waals surface area contributed by atoms with E-state index < -0.39 is 0 Å². The topological polar surface area (TPSA) is 44.8 Å². The lowest BCUT2D eigenvalue weighted by atomic mass is 10.1. The van der Waals surface area contributed by atoms with E-state index in [2.05, 4.69) is 31.2 Å². The molecule has 0 aromatic heterocycles. The lowest BCUT2D eigenvalue weighted by Crippen LogP contribution is -2.21. The van der Waals surface area contributed by atoms with E-state index in [1.165, 1.54) is 18.1 Å². The first-order valence-electron chi connectivity index (χ1n) is 8.51. The molecule has 0 heterocycles. The average molecular weight is 342 g/mol. The SMILES string of the molecule is COC(CCc1ccc(C)cc1)COc1ccccc1COC(C)=O. The van der Waals surface area contributed by atoms with E-state index in [4.69, 9.17) is 14.2 Å². The molecule has 0 aliphatic carbocycles. The highest BCUT2D eigenvalue weighted by Gasteiger charge is 2.11. The highest BCUT2D eigenvalue weighted by Crippen LogP contribution is 2.20. The maximum atomic E-state index is 11.0. The summed E-state index contributed by atoms with van der Waals surface area (Å²) in [5.74, 6) is 0.420. The Balaban J connectivity index is 1.87. The van der Waals surface area contributed by atoms with Gasteiger partial charge < -0.3 is 14.2 Å². The van der Waals surface area contributed by atoms with Crippen molar-refractivity contribution in [2.24, 2.45) is 0 Å². The van der Waals surface area contributed by atoms with Crippen LogP contribution < -0.4 is 4.74 Å². The van der Waals surface area contributed by atoms with Crippen LogP contribution in [0, 0.1) is 6.92 Å². The molecule has 0 saturated heterocycles. The summed E-state index contributed by atoms with van der Waals surface area (Å²) >= 11 is 0. The minimum atomic E-state index is -0.303. The van der Waals surface area contributed by atoms with Crippen molar-refractivity contribution in [1.29, 1.82) is 0 Å². The number of carbonyl (C=O) groups excluding carboxylic acids is 1. The molecule has 0 spiro atoms. The zero-order valence-electron chi connectivity index (χ0n) is 15.2. The van der Waals surface area contributed by atoms with Crippen LogP contribution in [0.5, 0.6) is 5.75 Å². The molecular weight excluding hydrogens is 316 g/mol. The number of rotatable bonds is 9. The number of para-hydroxylation sites is 1. The van der Waals surface area contributed by atoms with Gasteiger partial charge in [0, 0.05) is 19.6 Å². The van der Waals surface area contributed by atoms with Crippen LogP contribution in [0.4, 0.5) is 0 Å². The second-order valence-electron chi connectivity index (χ2n) is 6.08. The minimum Gasteiger partial charge on any atom is -0.490 e. The van der Waals surface area contributed by atoms with Crippen LogP contribution in [-0.4, -0.2) is 25.8 Å². The monoisotopic (exact) mass is 342 g/mol. The number of carbonyl (C=O) groups is 1. The summed E-state index contributed by atoms with van der Waals surface area (Å²) in [6, 6.07) is 16.1. The predicted octanol–water partition coefficient (Wildman–Crippen LogP) is 4.08. The Labute approximate surface area is 149 Å². The first kappa shape index (κ1) is 19.0. The van der Waals surface area contributed by atoms with Gasteiger partial charge in [0.25, 0.3) is 0 Å². The van der Waals surface area contributed by atoms with Gasteiger partial charge in [-0.05, 0) is 31.4 Å². The quantitative estimate of drug-likeness (QED) is 0.644. The molecule has 0 bridgehead atoms. The molecule has 1 unspecified atom stereocenters. The van der Waals surface area contributed by atoms with Crippen molar-refractivity contribution in [1.82, 2.24) is 0 Å². The molecule has 0 fully saturated rings. The van der Waals surface area contributed by atoms with E-state index in [1.54, 1.807) is 7.11 Å². The Morgan fingerprint density at radius 3 is 2.48 bits per heavy atom. The molecule has 2 rings (SSSR count). The van der Waals surface area contributed by atoms with Gasteiger partial charge in [0.2, 0.25) is 0 Å². The van der Waals surface area contributed by atoms with Crippen LogP contribution >= 0.6 is 0 Å². The molecular formula is C21H26O4. The normalized spacial score (nSPS) is 11.8. The summed E-state index contributed by atoms with van der Waals surface area (Å²) in [6.07, 6.45) is 1.83. The maximum absolute atomic E-state index is 11.0. The van der Waals surface area contributed by atoms with E-state index >= 15 is 0 Å². The van der Waals surface area contributed by atoms with Crippen LogP contribution in [0.2, 0.25) is 0 Å². The van der Waals surface area contributed by atoms with Gasteiger partial charge in [-0.15, -0.1) is 0 Å². The summed E-state index contributed by atoms with van der Waals surface area (Å²) in [7, 11) is 1.70. The van der Waals surface area contributed by atoms with Gasteiger partial charge >= 0.3 is 5.97 Å². The summed E-state index contributed by atoms with van der Waals surface area (Å²) < 4.78 is 16.5. The second kappa shape index (κ2) is 9.84. The lowest BCUT2D eigenvalue weighted by molar-refractivity contribution is -0.142. The van der Waals surface area contributed by atoms with Crippen molar-refractivity contribution >= 4 is 5.97 Å². The predicted molar refractivity (Wildman–Crippen MR) is 97.7 cm³/mol. The molecule has 25 heavy (non-hydrogen) atoms. The number of methoxy groups -OCH3 is 1. The Hall–Kier alpha value is -2.33.